The molecule has 0 fully saturated rings. The van der Waals surface area contributed by atoms with Gasteiger partial charge in [-0.25, -0.2) is 0 Å². The monoisotopic (exact) mass is 258 g/mol. The Morgan fingerprint density at radius 1 is 1.32 bits per heavy atom. The van der Waals surface area contributed by atoms with E-state index in [4.69, 9.17) is 0 Å². The van der Waals surface area contributed by atoms with Crippen LogP contribution in [0.4, 0.5) is 0 Å². The molecule has 1 aliphatic rings. The Bertz CT molecular complexity index is 436. The third-order valence-electron chi connectivity index (χ3n) is 3.48. The molecule has 0 saturated carbocycles. The summed E-state index contributed by atoms with van der Waals surface area (Å²) in [5, 5.41) is 0. The summed E-state index contributed by atoms with van der Waals surface area (Å²) in [6.07, 6.45) is 10.9. The minimum atomic E-state index is 0.884. The van der Waals surface area contributed by atoms with Crippen LogP contribution in [0, 0.1) is 0 Å². The van der Waals surface area contributed by atoms with Gasteiger partial charge >= 0.3 is 0 Å². The molecule has 0 unspecified atom stereocenters. The van der Waals surface area contributed by atoms with Crippen molar-refractivity contribution < 1.29 is 0 Å². The molecule has 0 spiro atoms. The van der Waals surface area contributed by atoms with Gasteiger partial charge in [-0.15, -0.1) is 0 Å². The van der Waals surface area contributed by atoms with Crippen LogP contribution in [0.2, 0.25) is 0 Å². The Morgan fingerprint density at radius 3 is 2.47 bits per heavy atom. The lowest BCUT2D eigenvalue weighted by Crippen LogP contribution is -2.20. The summed E-state index contributed by atoms with van der Waals surface area (Å²) in [5.74, 6) is 0. The Hall–Kier alpha value is -1.70. The zero-order chi connectivity index (χ0) is 14.4. The first-order chi connectivity index (χ1) is 8.95. The number of rotatable bonds is 6. The maximum absolute atomic E-state index is 4.04. The first-order valence-electron chi connectivity index (χ1n) is 6.75. The van der Waals surface area contributed by atoms with Crippen LogP contribution < -0.4 is 0 Å². The van der Waals surface area contributed by atoms with Gasteiger partial charge in [0.1, 0.15) is 0 Å². The molecule has 0 saturated heterocycles. The first-order valence-corrected chi connectivity index (χ1v) is 6.75. The van der Waals surface area contributed by atoms with Crippen LogP contribution in [-0.4, -0.2) is 30.4 Å². The molecule has 2 nitrogen and oxygen atoms in total. The van der Waals surface area contributed by atoms with Gasteiger partial charge in [0.2, 0.25) is 0 Å². The summed E-state index contributed by atoms with van der Waals surface area (Å²) in [5.41, 5.74) is 4.94. The molecule has 0 aromatic carbocycles. The molecule has 0 heterocycles. The first kappa shape index (κ1) is 15.4. The number of hydrogen-bond donors (Lipinski definition) is 0. The third kappa shape index (κ3) is 4.47. The molecule has 19 heavy (non-hydrogen) atoms. The summed E-state index contributed by atoms with van der Waals surface area (Å²) < 4.78 is 0. The lowest BCUT2D eigenvalue weighted by atomic mass is 9.99. The van der Waals surface area contributed by atoms with E-state index in [2.05, 4.69) is 50.1 Å². The van der Waals surface area contributed by atoms with Crippen molar-refractivity contribution in [3.63, 3.8) is 0 Å². The minimum absolute atomic E-state index is 0.884. The fourth-order valence-electron chi connectivity index (χ4n) is 2.01. The molecule has 0 aromatic heterocycles. The van der Waals surface area contributed by atoms with Crippen LogP contribution in [0.5, 0.6) is 0 Å². The Balaban J connectivity index is 2.79. The number of hydrogen-bond acceptors (Lipinski definition) is 2. The molecular weight excluding hydrogens is 232 g/mol. The van der Waals surface area contributed by atoms with Gasteiger partial charge in [0.25, 0.3) is 0 Å². The number of allylic oxidation sites excluding steroid dienone is 4. The molecule has 0 N–H and O–H groups in total. The van der Waals surface area contributed by atoms with Crippen molar-refractivity contribution in [2.24, 2.45) is 0 Å². The van der Waals surface area contributed by atoms with E-state index in [1.165, 1.54) is 11.1 Å². The number of likely N-dealkylation sites (N-methyl/N-ethyl adjacent to an activating group) is 1. The van der Waals surface area contributed by atoms with Crippen LogP contribution in [-0.2, 0) is 0 Å². The molecule has 0 amide bonds. The lowest BCUT2D eigenvalue weighted by molar-refractivity contribution is 0.492. The standard InChI is InChI=1S/C17H26N2/c1-7-19(16(4)12-15(3)18(5)6)13-17-11-9-8-10-14(17)2/h7,10-12H,1,3,8-9,13H2,2,4-6H3/b16-12-. The highest BCUT2D eigenvalue weighted by Gasteiger charge is 2.09. The quantitative estimate of drug-likeness (QED) is 0.662. The maximum atomic E-state index is 4.04. The van der Waals surface area contributed by atoms with E-state index >= 15 is 0 Å². The summed E-state index contributed by atoms with van der Waals surface area (Å²) in [6, 6.07) is 0. The summed E-state index contributed by atoms with van der Waals surface area (Å²) >= 11 is 0. The van der Waals surface area contributed by atoms with E-state index < -0.39 is 0 Å². The molecule has 0 aliphatic heterocycles. The highest BCUT2D eigenvalue weighted by molar-refractivity contribution is 5.34. The Labute approximate surface area is 118 Å². The maximum Gasteiger partial charge on any atom is 0.0471 e. The van der Waals surface area contributed by atoms with Crippen LogP contribution in [0.15, 0.2) is 60.1 Å². The van der Waals surface area contributed by atoms with Crippen LogP contribution in [0.25, 0.3) is 0 Å². The molecule has 104 valence electrons. The molecule has 0 aromatic rings. The van der Waals surface area contributed by atoms with E-state index in [0.717, 1.165) is 30.8 Å². The zero-order valence-corrected chi connectivity index (χ0v) is 12.7. The molecule has 0 bridgehead atoms. The van der Waals surface area contributed by atoms with Crippen molar-refractivity contribution in [3.05, 3.63) is 60.1 Å². The van der Waals surface area contributed by atoms with Crippen molar-refractivity contribution in [2.45, 2.75) is 26.7 Å². The molecule has 0 radical (unpaired) electrons. The van der Waals surface area contributed by atoms with Gasteiger partial charge in [-0.3, -0.25) is 0 Å². The normalized spacial score (nSPS) is 15.5. The predicted octanol–water partition coefficient (Wildman–Crippen LogP) is 4.08. The average molecular weight is 258 g/mol. The van der Waals surface area contributed by atoms with Crippen molar-refractivity contribution >= 4 is 0 Å². The lowest BCUT2D eigenvalue weighted by Gasteiger charge is -2.25. The average Bonchev–Trinajstić information content (AvgIpc) is 2.37. The zero-order valence-electron chi connectivity index (χ0n) is 12.7. The van der Waals surface area contributed by atoms with Crippen molar-refractivity contribution in [1.29, 1.82) is 0 Å². The van der Waals surface area contributed by atoms with Crippen molar-refractivity contribution in [3.8, 4) is 0 Å². The van der Waals surface area contributed by atoms with Gasteiger partial charge < -0.3 is 9.80 Å². The number of nitrogens with zero attached hydrogens (tertiary/aromatic N) is 2. The fourth-order valence-corrected chi connectivity index (χ4v) is 2.01. The van der Waals surface area contributed by atoms with E-state index in [1.54, 1.807) is 0 Å². The SMILES string of the molecule is C=CN(CC1=CCCC=C1C)/C(C)=C\C(=C)N(C)C. The summed E-state index contributed by atoms with van der Waals surface area (Å²) in [6.45, 7) is 13.1. The van der Waals surface area contributed by atoms with Gasteiger partial charge in [0.15, 0.2) is 0 Å². The van der Waals surface area contributed by atoms with Crippen molar-refractivity contribution in [1.82, 2.24) is 9.80 Å². The van der Waals surface area contributed by atoms with Crippen LogP contribution >= 0.6 is 0 Å². The second-order valence-corrected chi connectivity index (χ2v) is 5.18. The van der Waals surface area contributed by atoms with E-state index in [0.29, 0.717) is 0 Å². The fraction of sp³-hybridized carbons (Fsp3) is 0.412. The molecular formula is C17H26N2. The minimum Gasteiger partial charge on any atom is -0.378 e. The molecule has 0 atom stereocenters. The Morgan fingerprint density at radius 2 is 1.95 bits per heavy atom. The van der Waals surface area contributed by atoms with Gasteiger partial charge in [-0.1, -0.05) is 30.9 Å². The third-order valence-corrected chi connectivity index (χ3v) is 3.48. The van der Waals surface area contributed by atoms with E-state index in [9.17, 15) is 0 Å². The Kier molecular flexibility index (Phi) is 5.68. The molecule has 1 aliphatic carbocycles. The largest absolute Gasteiger partial charge is 0.378 e. The molecule has 2 heteroatoms. The van der Waals surface area contributed by atoms with E-state index in [-0.39, 0.29) is 0 Å². The second kappa shape index (κ2) is 7.03. The van der Waals surface area contributed by atoms with E-state index in [1.807, 2.05) is 25.2 Å². The smallest absolute Gasteiger partial charge is 0.0471 e. The highest BCUT2D eigenvalue weighted by Crippen LogP contribution is 2.21. The van der Waals surface area contributed by atoms with Crippen molar-refractivity contribution in [2.75, 3.05) is 20.6 Å². The van der Waals surface area contributed by atoms with Gasteiger partial charge in [0, 0.05) is 32.0 Å². The summed E-state index contributed by atoms with van der Waals surface area (Å²) in [4.78, 5) is 4.18. The predicted molar refractivity (Wildman–Crippen MR) is 84.6 cm³/mol. The van der Waals surface area contributed by atoms with Gasteiger partial charge in [-0.2, -0.15) is 0 Å². The van der Waals surface area contributed by atoms with Gasteiger partial charge in [0.05, 0.1) is 0 Å². The van der Waals surface area contributed by atoms with Crippen LogP contribution in [0.1, 0.15) is 26.7 Å². The molecule has 1 rings (SSSR count). The highest BCUT2D eigenvalue weighted by atomic mass is 15.1. The van der Waals surface area contributed by atoms with Crippen LogP contribution in [0.3, 0.4) is 0 Å². The topological polar surface area (TPSA) is 6.48 Å². The second-order valence-electron chi connectivity index (χ2n) is 5.18. The van der Waals surface area contributed by atoms with Gasteiger partial charge in [-0.05, 0) is 44.5 Å². The summed E-state index contributed by atoms with van der Waals surface area (Å²) in [7, 11) is 4.00.